The zero-order chi connectivity index (χ0) is 13.7. The second-order valence-corrected chi connectivity index (χ2v) is 5.00. The maximum absolute atomic E-state index is 11.7. The van der Waals surface area contributed by atoms with Gasteiger partial charge in [0.05, 0.1) is 18.9 Å². The minimum Gasteiger partial charge on any atom is -0.383 e. The monoisotopic (exact) mass is 266 g/mol. The van der Waals surface area contributed by atoms with E-state index in [4.69, 9.17) is 9.47 Å². The molecule has 2 rings (SSSR count). The molecule has 1 aliphatic heterocycles. The van der Waals surface area contributed by atoms with Gasteiger partial charge in [0.2, 0.25) is 0 Å². The number of rotatable bonds is 6. The summed E-state index contributed by atoms with van der Waals surface area (Å²) < 4.78 is 12.1. The van der Waals surface area contributed by atoms with Crippen LogP contribution in [0.5, 0.6) is 0 Å². The number of nitrogens with zero attached hydrogens (tertiary/aromatic N) is 1. The molecule has 2 heterocycles. The average molecular weight is 266 g/mol. The minimum absolute atomic E-state index is 0.000507. The van der Waals surface area contributed by atoms with Crippen LogP contribution in [0.25, 0.3) is 0 Å². The molecule has 0 aromatic carbocycles. The summed E-state index contributed by atoms with van der Waals surface area (Å²) >= 11 is 0. The van der Waals surface area contributed by atoms with Crippen LogP contribution in [0.15, 0.2) is 23.1 Å². The van der Waals surface area contributed by atoms with E-state index in [0.717, 1.165) is 25.3 Å². The highest BCUT2D eigenvalue weighted by molar-refractivity contribution is 5.41. The Labute approximate surface area is 113 Å². The summed E-state index contributed by atoms with van der Waals surface area (Å²) in [5.74, 6) is 0.541. The van der Waals surface area contributed by atoms with Crippen molar-refractivity contribution in [3.63, 3.8) is 0 Å². The van der Waals surface area contributed by atoms with E-state index in [0.29, 0.717) is 25.1 Å². The number of pyridine rings is 1. The van der Waals surface area contributed by atoms with Crippen molar-refractivity contribution in [2.75, 3.05) is 32.2 Å². The number of methoxy groups -OCH3 is 1. The Hall–Kier alpha value is -1.33. The Morgan fingerprint density at radius 1 is 1.58 bits per heavy atom. The maximum atomic E-state index is 11.7. The molecule has 1 saturated heterocycles. The molecule has 106 valence electrons. The van der Waals surface area contributed by atoms with Crippen LogP contribution in [0.3, 0.4) is 0 Å². The van der Waals surface area contributed by atoms with Gasteiger partial charge < -0.3 is 19.4 Å². The first-order chi connectivity index (χ1) is 9.20. The number of aromatic nitrogens is 1. The normalized spacial score (nSPS) is 20.4. The van der Waals surface area contributed by atoms with Crippen molar-refractivity contribution in [2.45, 2.75) is 25.9 Å². The molecule has 0 radical (unpaired) electrons. The van der Waals surface area contributed by atoms with Crippen molar-refractivity contribution in [2.24, 2.45) is 5.92 Å². The molecule has 5 heteroatoms. The van der Waals surface area contributed by atoms with Crippen LogP contribution in [-0.4, -0.2) is 37.5 Å². The standard InChI is InChI=1S/C14H22N2O3/c1-11(12-5-7-19-10-12)15-13-3-4-14(17)16(9-13)6-8-18-2/h3-4,9,11-12,15H,5-8,10H2,1-2H3. The molecular weight excluding hydrogens is 244 g/mol. The lowest BCUT2D eigenvalue weighted by atomic mass is 10.0. The van der Waals surface area contributed by atoms with E-state index >= 15 is 0 Å². The van der Waals surface area contributed by atoms with E-state index in [1.54, 1.807) is 17.7 Å². The third-order valence-corrected chi connectivity index (χ3v) is 3.59. The van der Waals surface area contributed by atoms with Gasteiger partial charge in [-0.15, -0.1) is 0 Å². The van der Waals surface area contributed by atoms with Crippen molar-refractivity contribution < 1.29 is 9.47 Å². The van der Waals surface area contributed by atoms with Crippen LogP contribution in [0, 0.1) is 5.92 Å². The van der Waals surface area contributed by atoms with Crippen LogP contribution in [-0.2, 0) is 16.0 Å². The number of ether oxygens (including phenoxy) is 2. The Balaban J connectivity index is 2.01. The van der Waals surface area contributed by atoms with Crippen LogP contribution < -0.4 is 10.9 Å². The lowest BCUT2D eigenvalue weighted by molar-refractivity contribution is 0.183. The molecule has 0 saturated carbocycles. The van der Waals surface area contributed by atoms with Crippen LogP contribution in [0.2, 0.25) is 0 Å². The Morgan fingerprint density at radius 2 is 2.42 bits per heavy atom. The molecule has 0 amide bonds. The van der Waals surface area contributed by atoms with E-state index in [9.17, 15) is 4.79 Å². The molecule has 1 aromatic rings. The zero-order valence-electron chi connectivity index (χ0n) is 11.6. The fraction of sp³-hybridized carbons (Fsp3) is 0.643. The third kappa shape index (κ3) is 3.81. The summed E-state index contributed by atoms with van der Waals surface area (Å²) in [6.07, 6.45) is 2.95. The van der Waals surface area contributed by atoms with Gasteiger partial charge in [-0.1, -0.05) is 0 Å². The van der Waals surface area contributed by atoms with Crippen LogP contribution >= 0.6 is 0 Å². The topological polar surface area (TPSA) is 52.5 Å². The maximum Gasteiger partial charge on any atom is 0.250 e. The first kappa shape index (κ1) is 14.1. The Bertz CT molecular complexity index is 452. The van der Waals surface area contributed by atoms with Crippen molar-refractivity contribution in [1.29, 1.82) is 0 Å². The minimum atomic E-state index is -0.000507. The van der Waals surface area contributed by atoms with E-state index in [2.05, 4.69) is 12.2 Å². The van der Waals surface area contributed by atoms with Gasteiger partial charge >= 0.3 is 0 Å². The number of anilines is 1. The summed E-state index contributed by atoms with van der Waals surface area (Å²) in [5.41, 5.74) is 0.967. The SMILES string of the molecule is COCCn1cc(NC(C)C2CCOC2)ccc1=O. The predicted molar refractivity (Wildman–Crippen MR) is 74.6 cm³/mol. The van der Waals surface area contributed by atoms with Gasteiger partial charge in [0, 0.05) is 44.5 Å². The molecule has 19 heavy (non-hydrogen) atoms. The van der Waals surface area contributed by atoms with E-state index < -0.39 is 0 Å². The quantitative estimate of drug-likeness (QED) is 0.844. The smallest absolute Gasteiger partial charge is 0.250 e. The molecule has 1 N–H and O–H groups in total. The van der Waals surface area contributed by atoms with E-state index in [-0.39, 0.29) is 5.56 Å². The molecule has 1 fully saturated rings. The number of hydrogen-bond donors (Lipinski definition) is 1. The summed E-state index contributed by atoms with van der Waals surface area (Å²) in [5, 5.41) is 3.45. The van der Waals surface area contributed by atoms with Crippen molar-refractivity contribution >= 4 is 5.69 Å². The van der Waals surface area contributed by atoms with Crippen LogP contribution in [0.1, 0.15) is 13.3 Å². The fourth-order valence-corrected chi connectivity index (χ4v) is 2.31. The number of nitrogens with one attached hydrogen (secondary N) is 1. The lowest BCUT2D eigenvalue weighted by Gasteiger charge is -2.21. The molecule has 1 aliphatic rings. The van der Waals surface area contributed by atoms with Gasteiger partial charge in [0.15, 0.2) is 0 Å². The lowest BCUT2D eigenvalue weighted by Crippen LogP contribution is -2.28. The molecule has 0 bridgehead atoms. The second-order valence-electron chi connectivity index (χ2n) is 5.00. The first-order valence-corrected chi connectivity index (χ1v) is 6.74. The highest BCUT2D eigenvalue weighted by Gasteiger charge is 2.22. The van der Waals surface area contributed by atoms with Gasteiger partial charge in [0.25, 0.3) is 5.56 Å². The predicted octanol–water partition coefficient (Wildman–Crippen LogP) is 1.33. The summed E-state index contributed by atoms with van der Waals surface area (Å²) in [6.45, 7) is 4.94. The van der Waals surface area contributed by atoms with Crippen LogP contribution in [0.4, 0.5) is 5.69 Å². The van der Waals surface area contributed by atoms with E-state index in [1.165, 1.54) is 0 Å². The molecule has 2 unspecified atom stereocenters. The van der Waals surface area contributed by atoms with Gasteiger partial charge in [-0.2, -0.15) is 0 Å². The third-order valence-electron chi connectivity index (χ3n) is 3.59. The van der Waals surface area contributed by atoms with Gasteiger partial charge in [-0.05, 0) is 19.4 Å². The Morgan fingerprint density at radius 3 is 3.11 bits per heavy atom. The molecule has 0 aliphatic carbocycles. The average Bonchev–Trinajstić information content (AvgIpc) is 2.93. The van der Waals surface area contributed by atoms with Gasteiger partial charge in [-0.3, -0.25) is 4.79 Å². The zero-order valence-corrected chi connectivity index (χ0v) is 11.6. The van der Waals surface area contributed by atoms with E-state index in [1.807, 2.05) is 12.3 Å². The van der Waals surface area contributed by atoms with Gasteiger partial charge in [0.1, 0.15) is 0 Å². The molecular formula is C14H22N2O3. The van der Waals surface area contributed by atoms with Crippen molar-refractivity contribution in [3.05, 3.63) is 28.7 Å². The summed E-state index contributed by atoms with van der Waals surface area (Å²) in [7, 11) is 1.63. The molecule has 5 nitrogen and oxygen atoms in total. The molecule has 2 atom stereocenters. The second kappa shape index (κ2) is 6.73. The summed E-state index contributed by atoms with van der Waals surface area (Å²) in [6, 6.07) is 3.77. The Kier molecular flexibility index (Phi) is 4.99. The van der Waals surface area contributed by atoms with Crippen molar-refractivity contribution in [1.82, 2.24) is 4.57 Å². The molecule has 0 spiro atoms. The number of hydrogen-bond acceptors (Lipinski definition) is 4. The highest BCUT2D eigenvalue weighted by atomic mass is 16.5. The largest absolute Gasteiger partial charge is 0.383 e. The first-order valence-electron chi connectivity index (χ1n) is 6.74. The fourth-order valence-electron chi connectivity index (χ4n) is 2.31. The summed E-state index contributed by atoms with van der Waals surface area (Å²) in [4.78, 5) is 11.7. The molecule has 1 aromatic heterocycles. The van der Waals surface area contributed by atoms with Gasteiger partial charge in [-0.25, -0.2) is 0 Å². The van der Waals surface area contributed by atoms with Crippen molar-refractivity contribution in [3.8, 4) is 0 Å². The highest BCUT2D eigenvalue weighted by Crippen LogP contribution is 2.19.